The Morgan fingerprint density at radius 1 is 1.24 bits per heavy atom. The number of benzene rings is 2. The molecule has 1 N–H and O–H groups in total. The molecule has 5 heteroatoms. The number of para-hydroxylation sites is 1. The van der Waals surface area contributed by atoms with Gasteiger partial charge in [0, 0.05) is 35.9 Å². The highest BCUT2D eigenvalue weighted by Crippen LogP contribution is 2.59. The van der Waals surface area contributed by atoms with Crippen LogP contribution in [0.4, 0.5) is 0 Å². The summed E-state index contributed by atoms with van der Waals surface area (Å²) in [5, 5.41) is 11.7. The maximum absolute atomic E-state index is 13.4. The normalized spacial score (nSPS) is 29.4. The lowest BCUT2D eigenvalue weighted by molar-refractivity contribution is -0.166. The zero-order valence-electron chi connectivity index (χ0n) is 16.1. The molecule has 29 heavy (non-hydrogen) atoms. The van der Waals surface area contributed by atoms with Gasteiger partial charge in [-0.3, -0.25) is 4.79 Å². The highest BCUT2D eigenvalue weighted by Gasteiger charge is 2.62. The maximum Gasteiger partial charge on any atom is 0.256 e. The van der Waals surface area contributed by atoms with Crippen LogP contribution in [0.15, 0.2) is 65.9 Å². The minimum absolute atomic E-state index is 0.0130. The summed E-state index contributed by atoms with van der Waals surface area (Å²) in [5.41, 5.74) is 1.73. The van der Waals surface area contributed by atoms with E-state index in [1.165, 1.54) is 0 Å². The molecular formula is C24H22ClNO3. The van der Waals surface area contributed by atoms with Gasteiger partial charge >= 0.3 is 0 Å². The van der Waals surface area contributed by atoms with E-state index >= 15 is 0 Å². The molecule has 1 amide bonds. The van der Waals surface area contributed by atoms with Gasteiger partial charge in [0.2, 0.25) is 0 Å². The number of aliphatic hydroxyl groups is 1. The van der Waals surface area contributed by atoms with Crippen molar-refractivity contribution in [1.29, 1.82) is 0 Å². The molecule has 1 aliphatic carbocycles. The summed E-state index contributed by atoms with van der Waals surface area (Å²) < 4.78 is 6.44. The van der Waals surface area contributed by atoms with Gasteiger partial charge < -0.3 is 14.7 Å². The van der Waals surface area contributed by atoms with Gasteiger partial charge in [0.1, 0.15) is 11.5 Å². The standard InChI is InChI=1S/C24H22ClNO3/c1-26-23(28)22(19(27)13-10-15-8-11-16(25)12-9-15)21-17-5-2-3-7-20(17)29-24(26)14-4-6-18(21)24/h2-3,5,7-13,18,21,27H,4,6,14H2,1H3. The van der Waals surface area contributed by atoms with Crippen molar-refractivity contribution in [3.05, 3.63) is 82.1 Å². The first-order chi connectivity index (χ1) is 14.0. The molecule has 2 aromatic carbocycles. The summed E-state index contributed by atoms with van der Waals surface area (Å²) in [5.74, 6) is 0.629. The summed E-state index contributed by atoms with van der Waals surface area (Å²) in [7, 11) is 1.79. The molecule has 148 valence electrons. The first-order valence-corrected chi connectivity index (χ1v) is 10.3. The molecule has 0 spiro atoms. The zero-order chi connectivity index (χ0) is 20.2. The van der Waals surface area contributed by atoms with Crippen LogP contribution in [0, 0.1) is 5.92 Å². The van der Waals surface area contributed by atoms with Gasteiger partial charge in [0.05, 0.1) is 5.57 Å². The Bertz CT molecular complexity index is 1040. The molecule has 3 unspecified atom stereocenters. The Balaban J connectivity index is 1.63. The van der Waals surface area contributed by atoms with Gasteiger partial charge in [0.25, 0.3) is 5.91 Å². The third-order valence-electron chi connectivity index (χ3n) is 6.57. The van der Waals surface area contributed by atoms with Crippen LogP contribution in [0.2, 0.25) is 5.02 Å². The molecule has 2 bridgehead atoms. The van der Waals surface area contributed by atoms with Crippen molar-refractivity contribution >= 4 is 23.6 Å². The molecule has 4 nitrogen and oxygen atoms in total. The van der Waals surface area contributed by atoms with Gasteiger partial charge in [0.15, 0.2) is 5.72 Å². The number of halogens is 1. The van der Waals surface area contributed by atoms with E-state index in [4.69, 9.17) is 16.3 Å². The Morgan fingerprint density at radius 3 is 2.79 bits per heavy atom. The van der Waals surface area contributed by atoms with Crippen LogP contribution in [0.5, 0.6) is 5.75 Å². The number of allylic oxidation sites excluding steroid dienone is 1. The number of fused-ring (bicyclic) bond motifs is 2. The number of likely N-dealkylation sites (N-methyl/N-ethyl adjacent to an activating group) is 1. The molecule has 2 aromatic rings. The van der Waals surface area contributed by atoms with E-state index in [1.807, 2.05) is 36.4 Å². The number of aliphatic hydroxyl groups excluding tert-OH is 1. The third-order valence-corrected chi connectivity index (χ3v) is 6.82. The second kappa shape index (κ2) is 6.67. The largest absolute Gasteiger partial charge is 0.507 e. The Morgan fingerprint density at radius 2 is 2.00 bits per heavy atom. The SMILES string of the molecule is CN1C(=O)C(=C(O)C=Cc2ccc(Cl)cc2)C2c3ccccc3OC13CCCC23. The van der Waals surface area contributed by atoms with Gasteiger partial charge in [-0.15, -0.1) is 0 Å². The smallest absolute Gasteiger partial charge is 0.256 e. The van der Waals surface area contributed by atoms with Crippen molar-refractivity contribution in [2.45, 2.75) is 30.9 Å². The van der Waals surface area contributed by atoms with Crippen LogP contribution in [-0.4, -0.2) is 28.7 Å². The van der Waals surface area contributed by atoms with Gasteiger partial charge in [-0.2, -0.15) is 0 Å². The molecule has 5 rings (SSSR count). The lowest BCUT2D eigenvalue weighted by Crippen LogP contribution is -2.64. The van der Waals surface area contributed by atoms with Crippen molar-refractivity contribution in [3.63, 3.8) is 0 Å². The molecule has 2 fully saturated rings. The number of ether oxygens (including phenoxy) is 1. The zero-order valence-corrected chi connectivity index (χ0v) is 16.9. The quantitative estimate of drug-likeness (QED) is 0.542. The Hall–Kier alpha value is -2.72. The Kier molecular flexibility index (Phi) is 4.21. The van der Waals surface area contributed by atoms with Gasteiger partial charge in [-0.1, -0.05) is 48.0 Å². The van der Waals surface area contributed by atoms with E-state index in [0.717, 1.165) is 36.1 Å². The van der Waals surface area contributed by atoms with E-state index < -0.39 is 5.72 Å². The highest BCUT2D eigenvalue weighted by molar-refractivity contribution is 6.30. The van der Waals surface area contributed by atoms with E-state index in [0.29, 0.717) is 10.6 Å². The van der Waals surface area contributed by atoms with E-state index in [1.54, 1.807) is 36.2 Å². The fourth-order valence-corrected chi connectivity index (χ4v) is 5.34. The summed E-state index contributed by atoms with van der Waals surface area (Å²) in [6.07, 6.45) is 6.20. The molecule has 3 atom stereocenters. The number of carbonyl (C=O) groups excluding carboxylic acids is 1. The fraction of sp³-hybridized carbons (Fsp3) is 0.292. The molecule has 2 heterocycles. The first kappa shape index (κ1) is 18.3. The number of hydrogen-bond donors (Lipinski definition) is 1. The lowest BCUT2D eigenvalue weighted by Gasteiger charge is -2.54. The number of rotatable bonds is 2. The van der Waals surface area contributed by atoms with Gasteiger partial charge in [-0.25, -0.2) is 0 Å². The second-order valence-electron chi connectivity index (χ2n) is 8.01. The predicted molar refractivity (Wildman–Crippen MR) is 113 cm³/mol. The summed E-state index contributed by atoms with van der Waals surface area (Å²) in [6, 6.07) is 15.2. The number of amides is 1. The summed E-state index contributed by atoms with van der Waals surface area (Å²) >= 11 is 5.94. The van der Waals surface area contributed by atoms with Crippen LogP contribution in [0.3, 0.4) is 0 Å². The van der Waals surface area contributed by atoms with Crippen LogP contribution in [0.1, 0.15) is 36.3 Å². The molecule has 0 aromatic heterocycles. The molecule has 1 saturated carbocycles. The van der Waals surface area contributed by atoms with Crippen molar-refractivity contribution in [1.82, 2.24) is 4.90 Å². The third kappa shape index (κ3) is 2.70. The van der Waals surface area contributed by atoms with Crippen LogP contribution < -0.4 is 4.74 Å². The van der Waals surface area contributed by atoms with Crippen molar-refractivity contribution in [3.8, 4) is 5.75 Å². The first-order valence-electron chi connectivity index (χ1n) is 9.94. The van der Waals surface area contributed by atoms with E-state index in [9.17, 15) is 9.90 Å². The summed E-state index contributed by atoms with van der Waals surface area (Å²) in [4.78, 5) is 15.1. The van der Waals surface area contributed by atoms with Crippen molar-refractivity contribution in [2.24, 2.45) is 5.92 Å². The van der Waals surface area contributed by atoms with Crippen LogP contribution in [0.25, 0.3) is 6.08 Å². The predicted octanol–water partition coefficient (Wildman–Crippen LogP) is 5.31. The Labute approximate surface area is 175 Å². The minimum Gasteiger partial charge on any atom is -0.507 e. The number of hydrogen-bond acceptors (Lipinski definition) is 3. The molecule has 2 aliphatic heterocycles. The number of nitrogens with zero attached hydrogens (tertiary/aromatic N) is 1. The highest BCUT2D eigenvalue weighted by atomic mass is 35.5. The average Bonchev–Trinajstić information content (AvgIpc) is 3.17. The second-order valence-corrected chi connectivity index (χ2v) is 8.45. The van der Waals surface area contributed by atoms with Gasteiger partial charge in [-0.05, 0) is 42.7 Å². The molecular weight excluding hydrogens is 386 g/mol. The number of piperidine rings is 1. The average molecular weight is 408 g/mol. The van der Waals surface area contributed by atoms with Crippen molar-refractivity contribution < 1.29 is 14.6 Å². The molecule has 0 radical (unpaired) electrons. The van der Waals surface area contributed by atoms with Crippen LogP contribution in [-0.2, 0) is 4.79 Å². The fourth-order valence-electron chi connectivity index (χ4n) is 5.21. The maximum atomic E-state index is 13.4. The lowest BCUT2D eigenvalue weighted by atomic mass is 9.69. The minimum atomic E-state index is -0.611. The topological polar surface area (TPSA) is 49.8 Å². The molecule has 1 saturated heterocycles. The monoisotopic (exact) mass is 407 g/mol. The van der Waals surface area contributed by atoms with Crippen molar-refractivity contribution in [2.75, 3.05) is 7.05 Å². The van der Waals surface area contributed by atoms with E-state index in [2.05, 4.69) is 0 Å². The number of likely N-dealkylation sites (tertiary alicyclic amines) is 1. The van der Waals surface area contributed by atoms with Crippen LogP contribution >= 0.6 is 11.6 Å². The number of carbonyl (C=O) groups is 1. The summed E-state index contributed by atoms with van der Waals surface area (Å²) in [6.45, 7) is 0. The molecule has 3 aliphatic rings. The van der Waals surface area contributed by atoms with E-state index in [-0.39, 0.29) is 23.5 Å².